The molecule has 8 nitrogen and oxygen atoms in total. The van der Waals surface area contributed by atoms with Gasteiger partial charge >= 0.3 is 11.9 Å². The first-order chi connectivity index (χ1) is 12.6. The zero-order valence-electron chi connectivity index (χ0n) is 14.8. The molecule has 0 N–H and O–H groups in total. The predicted octanol–water partition coefficient (Wildman–Crippen LogP) is 2.36. The number of hydrogen-bond donors (Lipinski definition) is 0. The van der Waals surface area contributed by atoms with Crippen molar-refractivity contribution in [3.05, 3.63) is 36.0 Å². The molecule has 0 unspecified atom stereocenters. The lowest BCUT2D eigenvalue weighted by atomic mass is 10.1. The minimum Gasteiger partial charge on any atom is -0.463 e. The Morgan fingerprint density at radius 1 is 1.23 bits per heavy atom. The monoisotopic (exact) mass is 359 g/mol. The largest absolute Gasteiger partial charge is 0.463 e. The second-order valence-corrected chi connectivity index (χ2v) is 5.91. The number of esters is 2. The molecule has 138 valence electrons. The molecule has 1 fully saturated rings. The van der Waals surface area contributed by atoms with Gasteiger partial charge in [0.1, 0.15) is 12.3 Å². The van der Waals surface area contributed by atoms with Crippen LogP contribution in [0.15, 0.2) is 30.3 Å². The Morgan fingerprint density at radius 2 is 2.00 bits per heavy atom. The minimum absolute atomic E-state index is 0.157. The highest BCUT2D eigenvalue weighted by Crippen LogP contribution is 2.33. The minimum atomic E-state index is -0.521. The van der Waals surface area contributed by atoms with E-state index in [-0.39, 0.29) is 37.2 Å². The molecule has 0 saturated carbocycles. The molecule has 0 bridgehead atoms. The van der Waals surface area contributed by atoms with Crippen molar-refractivity contribution >= 4 is 11.9 Å². The molecule has 1 aromatic carbocycles. The summed E-state index contributed by atoms with van der Waals surface area (Å²) in [4.78, 5) is 23.2. The van der Waals surface area contributed by atoms with Crippen LogP contribution in [0.2, 0.25) is 0 Å². The van der Waals surface area contributed by atoms with Crippen molar-refractivity contribution < 1.29 is 23.8 Å². The standard InChI is InChI=1S/C18H21N3O5/c1-3-24-18(23)16-17(13-7-5-4-6-8-13)21(20-19-16)15-10-9-14(26-15)11-25-12(2)22/h4-8,14-15H,3,9-11H2,1-2H3/t14-,15+/m0/s1. The highest BCUT2D eigenvalue weighted by Gasteiger charge is 2.32. The van der Waals surface area contributed by atoms with Crippen LogP contribution < -0.4 is 0 Å². The molecule has 3 rings (SSSR count). The third-order valence-electron chi connectivity index (χ3n) is 4.04. The highest BCUT2D eigenvalue weighted by atomic mass is 16.6. The van der Waals surface area contributed by atoms with Crippen molar-refractivity contribution in [2.24, 2.45) is 0 Å². The Hall–Kier alpha value is -2.74. The van der Waals surface area contributed by atoms with Gasteiger partial charge in [0.05, 0.1) is 12.7 Å². The van der Waals surface area contributed by atoms with Crippen LogP contribution in [0, 0.1) is 0 Å². The molecule has 0 aliphatic carbocycles. The lowest BCUT2D eigenvalue weighted by molar-refractivity contribution is -0.145. The third-order valence-corrected chi connectivity index (χ3v) is 4.04. The molecule has 2 aromatic rings. The summed E-state index contributed by atoms with van der Waals surface area (Å²) in [5, 5.41) is 8.17. The number of benzene rings is 1. The van der Waals surface area contributed by atoms with E-state index in [4.69, 9.17) is 14.2 Å². The predicted molar refractivity (Wildman–Crippen MR) is 91.2 cm³/mol. The Morgan fingerprint density at radius 3 is 2.69 bits per heavy atom. The first-order valence-electron chi connectivity index (χ1n) is 8.56. The summed E-state index contributed by atoms with van der Waals surface area (Å²) in [6.45, 7) is 3.56. The average Bonchev–Trinajstić information content (AvgIpc) is 3.27. The number of aromatic nitrogens is 3. The number of carbonyl (C=O) groups excluding carboxylic acids is 2. The van der Waals surface area contributed by atoms with Gasteiger partial charge in [-0.2, -0.15) is 0 Å². The smallest absolute Gasteiger partial charge is 0.361 e. The Balaban J connectivity index is 1.88. The second kappa shape index (κ2) is 8.09. The van der Waals surface area contributed by atoms with Crippen LogP contribution >= 0.6 is 0 Å². The number of rotatable bonds is 6. The molecule has 0 spiro atoms. The summed E-state index contributed by atoms with van der Waals surface area (Å²) in [6, 6.07) is 9.40. The average molecular weight is 359 g/mol. The van der Waals surface area contributed by atoms with E-state index in [1.807, 2.05) is 30.3 Å². The third kappa shape index (κ3) is 3.91. The van der Waals surface area contributed by atoms with Crippen LogP contribution in [-0.4, -0.2) is 46.3 Å². The van der Waals surface area contributed by atoms with Crippen molar-refractivity contribution in [1.29, 1.82) is 0 Å². The van der Waals surface area contributed by atoms with E-state index in [1.165, 1.54) is 6.92 Å². The van der Waals surface area contributed by atoms with E-state index in [0.29, 0.717) is 12.1 Å². The van der Waals surface area contributed by atoms with E-state index in [1.54, 1.807) is 11.6 Å². The summed E-state index contributed by atoms with van der Waals surface area (Å²) in [6.07, 6.45) is 0.808. The van der Waals surface area contributed by atoms with Gasteiger partial charge in [-0.1, -0.05) is 35.5 Å². The lowest BCUT2D eigenvalue weighted by Gasteiger charge is -2.16. The molecule has 8 heteroatoms. The van der Waals surface area contributed by atoms with Crippen LogP contribution in [0.5, 0.6) is 0 Å². The molecule has 2 heterocycles. The molecule has 1 saturated heterocycles. The fourth-order valence-electron chi connectivity index (χ4n) is 2.90. The molecule has 1 aliphatic rings. The number of nitrogens with zero attached hydrogens (tertiary/aromatic N) is 3. The van der Waals surface area contributed by atoms with Gasteiger partial charge in [0, 0.05) is 12.5 Å². The van der Waals surface area contributed by atoms with Gasteiger partial charge < -0.3 is 14.2 Å². The van der Waals surface area contributed by atoms with Crippen LogP contribution in [0.3, 0.4) is 0 Å². The topological polar surface area (TPSA) is 92.5 Å². The van der Waals surface area contributed by atoms with Gasteiger partial charge in [-0.15, -0.1) is 5.10 Å². The zero-order valence-corrected chi connectivity index (χ0v) is 14.8. The SMILES string of the molecule is CCOC(=O)c1nnn([C@H]2CC[C@@H](COC(C)=O)O2)c1-c1ccccc1. The lowest BCUT2D eigenvalue weighted by Crippen LogP contribution is -2.19. The van der Waals surface area contributed by atoms with Crippen molar-refractivity contribution in [2.75, 3.05) is 13.2 Å². The Labute approximate surface area is 151 Å². The van der Waals surface area contributed by atoms with Crippen molar-refractivity contribution in [3.63, 3.8) is 0 Å². The Bertz CT molecular complexity index is 774. The summed E-state index contributed by atoms with van der Waals surface area (Å²) in [5.74, 6) is -0.862. The number of carbonyl (C=O) groups is 2. The van der Waals surface area contributed by atoms with Crippen LogP contribution in [0.25, 0.3) is 11.3 Å². The normalized spacial score (nSPS) is 19.3. The van der Waals surface area contributed by atoms with Crippen molar-refractivity contribution in [1.82, 2.24) is 15.0 Å². The molecule has 2 atom stereocenters. The maximum atomic E-state index is 12.3. The molecule has 0 amide bonds. The summed E-state index contributed by atoms with van der Waals surface area (Å²) in [7, 11) is 0. The van der Waals surface area contributed by atoms with E-state index >= 15 is 0 Å². The van der Waals surface area contributed by atoms with Gasteiger partial charge in [0.15, 0.2) is 11.9 Å². The maximum absolute atomic E-state index is 12.3. The van der Waals surface area contributed by atoms with Crippen LogP contribution in [0.4, 0.5) is 0 Å². The Kier molecular flexibility index (Phi) is 5.62. The van der Waals surface area contributed by atoms with E-state index < -0.39 is 5.97 Å². The molecule has 1 aliphatic heterocycles. The fourth-order valence-corrected chi connectivity index (χ4v) is 2.90. The van der Waals surface area contributed by atoms with Gasteiger partial charge in [0.25, 0.3) is 0 Å². The van der Waals surface area contributed by atoms with E-state index in [9.17, 15) is 9.59 Å². The molecule has 1 aromatic heterocycles. The highest BCUT2D eigenvalue weighted by molar-refractivity contribution is 5.94. The van der Waals surface area contributed by atoms with Crippen molar-refractivity contribution in [2.45, 2.75) is 39.0 Å². The van der Waals surface area contributed by atoms with Gasteiger partial charge in [-0.25, -0.2) is 9.48 Å². The van der Waals surface area contributed by atoms with Gasteiger partial charge in [0.2, 0.25) is 0 Å². The fraction of sp³-hybridized carbons (Fsp3) is 0.444. The van der Waals surface area contributed by atoms with E-state index in [0.717, 1.165) is 12.0 Å². The van der Waals surface area contributed by atoms with Crippen molar-refractivity contribution in [3.8, 4) is 11.3 Å². The van der Waals surface area contributed by atoms with Gasteiger partial charge in [-0.3, -0.25) is 4.79 Å². The maximum Gasteiger partial charge on any atom is 0.361 e. The summed E-state index contributed by atoms with van der Waals surface area (Å²) < 4.78 is 17.7. The van der Waals surface area contributed by atoms with E-state index in [2.05, 4.69) is 10.3 Å². The van der Waals surface area contributed by atoms with Crippen LogP contribution in [-0.2, 0) is 19.0 Å². The first kappa shape index (κ1) is 18.1. The second-order valence-electron chi connectivity index (χ2n) is 5.91. The molecule has 0 radical (unpaired) electrons. The van der Waals surface area contributed by atoms with Crippen LogP contribution in [0.1, 0.15) is 43.4 Å². The molecular weight excluding hydrogens is 338 g/mol. The number of hydrogen-bond acceptors (Lipinski definition) is 7. The zero-order chi connectivity index (χ0) is 18.5. The summed E-state index contributed by atoms with van der Waals surface area (Å²) in [5.41, 5.74) is 1.51. The number of ether oxygens (including phenoxy) is 3. The van der Waals surface area contributed by atoms with Gasteiger partial charge in [-0.05, 0) is 19.8 Å². The molecular formula is C18H21N3O5. The molecule has 26 heavy (non-hydrogen) atoms. The first-order valence-corrected chi connectivity index (χ1v) is 8.56. The quantitative estimate of drug-likeness (QED) is 0.731. The summed E-state index contributed by atoms with van der Waals surface area (Å²) >= 11 is 0.